The van der Waals surface area contributed by atoms with Crippen LogP contribution in [-0.2, 0) is 0 Å². The van der Waals surface area contributed by atoms with Gasteiger partial charge in [-0.25, -0.2) is 13.8 Å². The third-order valence-electron chi connectivity index (χ3n) is 4.74. The number of nitrogens with one attached hydrogen (secondary N) is 1. The van der Waals surface area contributed by atoms with Crippen molar-refractivity contribution in [3.63, 3.8) is 0 Å². The average Bonchev–Trinajstić information content (AvgIpc) is 2.70. The summed E-state index contributed by atoms with van der Waals surface area (Å²) in [6, 6.07) is 15.6. The van der Waals surface area contributed by atoms with Crippen LogP contribution in [0.15, 0.2) is 54.6 Å². The average molecular weight is 381 g/mol. The summed E-state index contributed by atoms with van der Waals surface area (Å²) in [6.07, 6.45) is 0. The Balaban J connectivity index is 1.48. The fraction of sp³-hybridized carbons (Fsp3) is 0.238. The molecule has 0 unspecified atom stereocenters. The molecule has 5 nitrogen and oxygen atoms in total. The maximum Gasteiger partial charge on any atom is 0.229 e. The summed E-state index contributed by atoms with van der Waals surface area (Å²) in [5.74, 6) is -0.204. The molecular weight excluding hydrogens is 360 g/mol. The summed E-state index contributed by atoms with van der Waals surface area (Å²) in [5.41, 5.74) is 2.14. The van der Waals surface area contributed by atoms with Gasteiger partial charge in [0.05, 0.1) is 5.69 Å². The highest BCUT2D eigenvalue weighted by Crippen LogP contribution is 2.23. The van der Waals surface area contributed by atoms with Gasteiger partial charge in [0.2, 0.25) is 5.95 Å². The fourth-order valence-corrected chi connectivity index (χ4v) is 3.31. The van der Waals surface area contributed by atoms with Crippen LogP contribution in [0.1, 0.15) is 5.69 Å². The Kier molecular flexibility index (Phi) is 5.06. The lowest BCUT2D eigenvalue weighted by Gasteiger charge is -2.36. The van der Waals surface area contributed by atoms with Gasteiger partial charge in [0.1, 0.15) is 17.5 Å². The predicted molar refractivity (Wildman–Crippen MR) is 107 cm³/mol. The van der Waals surface area contributed by atoms with E-state index in [1.54, 1.807) is 0 Å². The molecule has 0 saturated carbocycles. The Hall–Kier alpha value is -3.22. The molecule has 2 aromatic carbocycles. The summed E-state index contributed by atoms with van der Waals surface area (Å²) in [6.45, 7) is 5.31. The Morgan fingerprint density at radius 3 is 2.29 bits per heavy atom. The number of rotatable bonds is 4. The van der Waals surface area contributed by atoms with Crippen LogP contribution in [0, 0.1) is 18.6 Å². The van der Waals surface area contributed by atoms with E-state index in [-0.39, 0.29) is 5.69 Å². The second-order valence-electron chi connectivity index (χ2n) is 6.75. The molecule has 2 heterocycles. The molecule has 144 valence electrons. The van der Waals surface area contributed by atoms with Gasteiger partial charge in [0, 0.05) is 49.7 Å². The van der Waals surface area contributed by atoms with E-state index < -0.39 is 11.6 Å². The molecule has 3 aromatic rings. The zero-order valence-corrected chi connectivity index (χ0v) is 15.6. The number of aromatic nitrogens is 2. The number of hydrogen-bond acceptors (Lipinski definition) is 5. The van der Waals surface area contributed by atoms with Gasteiger partial charge in [0.25, 0.3) is 0 Å². The van der Waals surface area contributed by atoms with E-state index in [2.05, 4.69) is 37.2 Å². The molecule has 0 spiro atoms. The van der Waals surface area contributed by atoms with Gasteiger partial charge >= 0.3 is 0 Å². The van der Waals surface area contributed by atoms with Crippen LogP contribution in [0.25, 0.3) is 0 Å². The molecular formula is C21H21F2N5. The van der Waals surface area contributed by atoms with E-state index in [1.807, 2.05) is 31.2 Å². The summed E-state index contributed by atoms with van der Waals surface area (Å²) < 4.78 is 27.0. The van der Waals surface area contributed by atoms with Crippen LogP contribution >= 0.6 is 0 Å². The highest BCUT2D eigenvalue weighted by molar-refractivity contribution is 5.57. The van der Waals surface area contributed by atoms with Crippen molar-refractivity contribution >= 4 is 23.1 Å². The minimum Gasteiger partial charge on any atom is -0.368 e. The molecule has 1 N–H and O–H groups in total. The summed E-state index contributed by atoms with van der Waals surface area (Å²) in [4.78, 5) is 13.4. The van der Waals surface area contributed by atoms with E-state index in [9.17, 15) is 8.78 Å². The van der Waals surface area contributed by atoms with Crippen LogP contribution in [0.4, 0.5) is 31.9 Å². The quantitative estimate of drug-likeness (QED) is 0.736. The van der Waals surface area contributed by atoms with E-state index in [4.69, 9.17) is 0 Å². The smallest absolute Gasteiger partial charge is 0.229 e. The van der Waals surface area contributed by atoms with Crippen molar-refractivity contribution in [2.24, 2.45) is 0 Å². The molecule has 28 heavy (non-hydrogen) atoms. The lowest BCUT2D eigenvalue weighted by Crippen LogP contribution is -2.46. The lowest BCUT2D eigenvalue weighted by molar-refractivity contribution is 0.586. The third-order valence-corrected chi connectivity index (χ3v) is 4.74. The minimum absolute atomic E-state index is 0.145. The maximum absolute atomic E-state index is 13.9. The van der Waals surface area contributed by atoms with E-state index in [0.717, 1.165) is 43.8 Å². The normalized spacial score (nSPS) is 14.2. The second kappa shape index (κ2) is 7.80. The first kappa shape index (κ1) is 18.2. The predicted octanol–water partition coefficient (Wildman–Crippen LogP) is 4.13. The van der Waals surface area contributed by atoms with Crippen molar-refractivity contribution < 1.29 is 8.78 Å². The van der Waals surface area contributed by atoms with Crippen LogP contribution in [-0.4, -0.2) is 36.1 Å². The van der Waals surface area contributed by atoms with E-state index in [0.29, 0.717) is 5.95 Å². The van der Waals surface area contributed by atoms with Crippen molar-refractivity contribution in [3.8, 4) is 0 Å². The van der Waals surface area contributed by atoms with Gasteiger partial charge in [0.15, 0.2) is 0 Å². The number of nitrogens with zero attached hydrogens (tertiary/aromatic N) is 4. The first-order chi connectivity index (χ1) is 13.6. The number of benzene rings is 2. The van der Waals surface area contributed by atoms with Gasteiger partial charge in [-0.2, -0.15) is 4.98 Å². The summed E-state index contributed by atoms with van der Waals surface area (Å²) in [7, 11) is 0. The van der Waals surface area contributed by atoms with Crippen LogP contribution < -0.4 is 15.1 Å². The topological polar surface area (TPSA) is 44.3 Å². The third kappa shape index (κ3) is 4.03. The molecule has 7 heteroatoms. The van der Waals surface area contributed by atoms with Gasteiger partial charge in [-0.1, -0.05) is 18.2 Å². The van der Waals surface area contributed by atoms with Gasteiger partial charge < -0.3 is 15.1 Å². The van der Waals surface area contributed by atoms with E-state index >= 15 is 0 Å². The number of hydrogen-bond donors (Lipinski definition) is 1. The minimum atomic E-state index is -0.678. The highest BCUT2D eigenvalue weighted by Gasteiger charge is 2.19. The largest absolute Gasteiger partial charge is 0.368 e. The number of anilines is 4. The van der Waals surface area contributed by atoms with Crippen molar-refractivity contribution in [1.82, 2.24) is 9.97 Å². The number of para-hydroxylation sites is 1. The highest BCUT2D eigenvalue weighted by atomic mass is 19.1. The van der Waals surface area contributed by atoms with Crippen molar-refractivity contribution in [3.05, 3.63) is 71.9 Å². The SMILES string of the molecule is Cc1cc(N2CCN(c3ccccc3)CC2)nc(Nc2ccc(F)cc2F)n1. The standard InChI is InChI=1S/C21H21F2N5/c1-15-13-20(26-21(24-15)25-19-8-7-16(22)14-18(19)23)28-11-9-27(10-12-28)17-5-3-2-4-6-17/h2-8,13-14H,9-12H2,1H3,(H,24,25,26). The van der Waals surface area contributed by atoms with Crippen LogP contribution in [0.2, 0.25) is 0 Å². The maximum atomic E-state index is 13.9. The Bertz CT molecular complexity index is 956. The zero-order valence-electron chi connectivity index (χ0n) is 15.6. The number of piperazine rings is 1. The lowest BCUT2D eigenvalue weighted by atomic mass is 10.2. The van der Waals surface area contributed by atoms with Gasteiger partial charge in [-0.05, 0) is 31.2 Å². The molecule has 1 aromatic heterocycles. The fourth-order valence-electron chi connectivity index (χ4n) is 3.31. The monoisotopic (exact) mass is 381 g/mol. The van der Waals surface area contributed by atoms with Crippen molar-refractivity contribution in [1.29, 1.82) is 0 Å². The molecule has 4 rings (SSSR count). The summed E-state index contributed by atoms with van der Waals surface area (Å²) >= 11 is 0. The first-order valence-electron chi connectivity index (χ1n) is 9.21. The van der Waals surface area contributed by atoms with Gasteiger partial charge in [-0.3, -0.25) is 0 Å². The molecule has 1 fully saturated rings. The zero-order chi connectivity index (χ0) is 19.5. The molecule has 0 aliphatic carbocycles. The number of halogens is 2. The van der Waals surface area contributed by atoms with Crippen LogP contribution in [0.3, 0.4) is 0 Å². The molecule has 1 aliphatic heterocycles. The van der Waals surface area contributed by atoms with E-state index in [1.165, 1.54) is 17.8 Å². The Morgan fingerprint density at radius 1 is 0.857 bits per heavy atom. The first-order valence-corrected chi connectivity index (χ1v) is 9.21. The Morgan fingerprint density at radius 2 is 1.57 bits per heavy atom. The molecule has 1 aliphatic rings. The molecule has 0 amide bonds. The van der Waals surface area contributed by atoms with Crippen LogP contribution in [0.5, 0.6) is 0 Å². The van der Waals surface area contributed by atoms with Crippen molar-refractivity contribution in [2.75, 3.05) is 41.3 Å². The van der Waals surface area contributed by atoms with Gasteiger partial charge in [-0.15, -0.1) is 0 Å². The molecule has 0 bridgehead atoms. The summed E-state index contributed by atoms with van der Waals surface area (Å²) in [5, 5.41) is 2.85. The van der Waals surface area contributed by atoms with Crippen molar-refractivity contribution in [2.45, 2.75) is 6.92 Å². The molecule has 0 atom stereocenters. The Labute approximate surface area is 162 Å². The number of aryl methyl sites for hydroxylation is 1. The second-order valence-corrected chi connectivity index (χ2v) is 6.75. The molecule has 1 saturated heterocycles. The molecule has 0 radical (unpaired) electrons.